The van der Waals surface area contributed by atoms with Crippen molar-refractivity contribution >= 4 is 0 Å². The summed E-state index contributed by atoms with van der Waals surface area (Å²) in [5.41, 5.74) is 3.87. The number of aliphatic hydroxyl groups is 1. The van der Waals surface area contributed by atoms with Crippen molar-refractivity contribution in [2.24, 2.45) is 0 Å². The van der Waals surface area contributed by atoms with Gasteiger partial charge in [0.15, 0.2) is 0 Å². The van der Waals surface area contributed by atoms with Crippen LogP contribution in [0.5, 0.6) is 0 Å². The van der Waals surface area contributed by atoms with Gasteiger partial charge < -0.3 is 5.11 Å². The maximum Gasteiger partial charge on any atom is 0.0641 e. The van der Waals surface area contributed by atoms with E-state index in [1.807, 2.05) is 0 Å². The predicted molar refractivity (Wildman–Crippen MR) is 102 cm³/mol. The first-order chi connectivity index (χ1) is 12.0. The van der Waals surface area contributed by atoms with Gasteiger partial charge in [-0.3, -0.25) is 14.5 Å². The number of hydrogen-bond donors (Lipinski definition) is 1. The van der Waals surface area contributed by atoms with Crippen molar-refractivity contribution in [1.29, 1.82) is 0 Å². The van der Waals surface area contributed by atoms with Gasteiger partial charge in [0.05, 0.1) is 5.69 Å². The number of aromatic nitrogens is 2. The first-order valence-electron chi connectivity index (χ1n) is 10.1. The summed E-state index contributed by atoms with van der Waals surface area (Å²) >= 11 is 0. The van der Waals surface area contributed by atoms with Gasteiger partial charge in [-0.1, -0.05) is 12.8 Å². The highest BCUT2D eigenvalue weighted by molar-refractivity contribution is 5.25. The van der Waals surface area contributed by atoms with Crippen molar-refractivity contribution in [3.8, 4) is 0 Å². The summed E-state index contributed by atoms with van der Waals surface area (Å²) in [5.74, 6) is 0. The van der Waals surface area contributed by atoms with Crippen LogP contribution in [0.1, 0.15) is 68.9 Å². The van der Waals surface area contributed by atoms with Crippen LogP contribution in [-0.2, 0) is 6.54 Å². The Hall–Kier alpha value is -0.910. The minimum absolute atomic E-state index is 0.297. The van der Waals surface area contributed by atoms with E-state index in [1.165, 1.54) is 42.6 Å². The number of hydrogen-bond acceptors (Lipinski definition) is 4. The molecule has 1 aliphatic heterocycles. The fraction of sp³-hybridized carbons (Fsp3) is 0.850. The topological polar surface area (TPSA) is 44.5 Å². The third-order valence-electron chi connectivity index (χ3n) is 6.21. The van der Waals surface area contributed by atoms with Crippen LogP contribution < -0.4 is 0 Å². The van der Waals surface area contributed by atoms with Crippen LogP contribution in [0.3, 0.4) is 0 Å². The molecule has 5 heteroatoms. The van der Waals surface area contributed by atoms with Gasteiger partial charge in [-0.2, -0.15) is 5.10 Å². The van der Waals surface area contributed by atoms with Crippen molar-refractivity contribution in [2.45, 2.75) is 84.5 Å². The van der Waals surface area contributed by atoms with E-state index in [9.17, 15) is 5.11 Å². The van der Waals surface area contributed by atoms with Crippen LogP contribution in [0.15, 0.2) is 0 Å². The first kappa shape index (κ1) is 18.9. The highest BCUT2D eigenvalue weighted by atomic mass is 16.3. The molecule has 1 saturated heterocycles. The van der Waals surface area contributed by atoms with E-state index in [-0.39, 0.29) is 0 Å². The summed E-state index contributed by atoms with van der Waals surface area (Å²) < 4.78 is 2.16. The third kappa shape index (κ3) is 4.09. The van der Waals surface area contributed by atoms with Gasteiger partial charge in [-0.15, -0.1) is 0 Å². The standard InChI is InChI=1S/C20H36N4O/c1-15(2)24-17(4)20(16(3)21-24)14-22-10-11-23(18-7-5-6-8-18)19(13-22)9-12-25/h15,18-19,25H,5-14H2,1-4H3/t19-/m1/s1. The van der Waals surface area contributed by atoms with Crippen molar-refractivity contribution in [1.82, 2.24) is 19.6 Å². The van der Waals surface area contributed by atoms with Gasteiger partial charge >= 0.3 is 0 Å². The summed E-state index contributed by atoms with van der Waals surface area (Å²) in [4.78, 5) is 5.28. The van der Waals surface area contributed by atoms with Crippen molar-refractivity contribution in [3.63, 3.8) is 0 Å². The Balaban J connectivity index is 1.68. The highest BCUT2D eigenvalue weighted by Crippen LogP contribution is 2.29. The van der Waals surface area contributed by atoms with Crippen molar-refractivity contribution in [2.75, 3.05) is 26.2 Å². The summed E-state index contributed by atoms with van der Waals surface area (Å²) in [5, 5.41) is 14.3. The molecule has 2 fully saturated rings. The lowest BCUT2D eigenvalue weighted by molar-refractivity contribution is 0.0266. The van der Waals surface area contributed by atoms with Crippen LogP contribution in [0.2, 0.25) is 0 Å². The Morgan fingerprint density at radius 1 is 1.16 bits per heavy atom. The Morgan fingerprint density at radius 3 is 2.48 bits per heavy atom. The number of piperazine rings is 1. The lowest BCUT2D eigenvalue weighted by Gasteiger charge is -2.44. The quantitative estimate of drug-likeness (QED) is 0.858. The molecule has 1 saturated carbocycles. The van der Waals surface area contributed by atoms with E-state index in [4.69, 9.17) is 5.10 Å². The number of rotatable bonds is 6. The smallest absolute Gasteiger partial charge is 0.0641 e. The lowest BCUT2D eigenvalue weighted by Crippen LogP contribution is -2.56. The maximum atomic E-state index is 9.55. The Bertz CT molecular complexity index is 562. The van der Waals surface area contributed by atoms with Gasteiger partial charge in [0.2, 0.25) is 0 Å². The zero-order valence-corrected chi connectivity index (χ0v) is 16.5. The van der Waals surface area contributed by atoms with Crippen molar-refractivity contribution in [3.05, 3.63) is 17.0 Å². The molecule has 2 aliphatic rings. The molecule has 1 aromatic heterocycles. The second kappa shape index (κ2) is 8.19. The van der Waals surface area contributed by atoms with Crippen LogP contribution in [-0.4, -0.2) is 63.0 Å². The lowest BCUT2D eigenvalue weighted by atomic mass is 10.0. The van der Waals surface area contributed by atoms with E-state index in [0.717, 1.165) is 38.6 Å². The molecule has 2 heterocycles. The summed E-state index contributed by atoms with van der Waals surface area (Å²) in [6, 6.07) is 1.67. The number of aryl methyl sites for hydroxylation is 1. The monoisotopic (exact) mass is 348 g/mol. The average molecular weight is 349 g/mol. The average Bonchev–Trinajstić information content (AvgIpc) is 3.19. The summed E-state index contributed by atoms with van der Waals surface area (Å²) in [6.07, 6.45) is 6.35. The van der Waals surface area contributed by atoms with Gasteiger partial charge in [0.1, 0.15) is 0 Å². The third-order valence-corrected chi connectivity index (χ3v) is 6.21. The molecular formula is C20H36N4O. The predicted octanol–water partition coefficient (Wildman–Crippen LogP) is 2.89. The maximum absolute atomic E-state index is 9.55. The molecular weight excluding hydrogens is 312 g/mol. The molecule has 0 bridgehead atoms. The Morgan fingerprint density at radius 2 is 1.88 bits per heavy atom. The van der Waals surface area contributed by atoms with Gasteiger partial charge in [0.25, 0.3) is 0 Å². The second-order valence-electron chi connectivity index (χ2n) is 8.27. The largest absolute Gasteiger partial charge is 0.396 e. The minimum atomic E-state index is 0.297. The first-order valence-corrected chi connectivity index (χ1v) is 10.1. The number of aliphatic hydroxyl groups excluding tert-OH is 1. The molecule has 3 rings (SSSR count). The highest BCUT2D eigenvalue weighted by Gasteiger charge is 2.33. The molecule has 25 heavy (non-hydrogen) atoms. The van der Waals surface area contributed by atoms with Crippen LogP contribution >= 0.6 is 0 Å². The van der Waals surface area contributed by atoms with E-state index >= 15 is 0 Å². The molecule has 1 N–H and O–H groups in total. The molecule has 0 aromatic carbocycles. The molecule has 142 valence electrons. The molecule has 5 nitrogen and oxygen atoms in total. The fourth-order valence-electron chi connectivity index (χ4n) is 4.85. The molecule has 0 spiro atoms. The second-order valence-corrected chi connectivity index (χ2v) is 8.27. The van der Waals surface area contributed by atoms with Crippen LogP contribution in [0.4, 0.5) is 0 Å². The van der Waals surface area contributed by atoms with Gasteiger partial charge in [-0.05, 0) is 47.0 Å². The number of nitrogens with zero attached hydrogens (tertiary/aromatic N) is 4. The van der Waals surface area contributed by atoms with E-state index in [1.54, 1.807) is 0 Å². The fourth-order valence-corrected chi connectivity index (χ4v) is 4.85. The van der Waals surface area contributed by atoms with E-state index in [2.05, 4.69) is 42.2 Å². The van der Waals surface area contributed by atoms with E-state index in [0.29, 0.717) is 18.7 Å². The molecule has 1 aliphatic carbocycles. The van der Waals surface area contributed by atoms with Gasteiger partial charge in [0, 0.05) is 62.2 Å². The minimum Gasteiger partial charge on any atom is -0.396 e. The van der Waals surface area contributed by atoms with Crippen LogP contribution in [0, 0.1) is 13.8 Å². The van der Waals surface area contributed by atoms with E-state index < -0.39 is 0 Å². The van der Waals surface area contributed by atoms with Crippen LogP contribution in [0.25, 0.3) is 0 Å². The zero-order valence-electron chi connectivity index (χ0n) is 16.5. The normalized spacial score (nSPS) is 23.8. The van der Waals surface area contributed by atoms with Gasteiger partial charge in [-0.25, -0.2) is 0 Å². The molecule has 1 atom stereocenters. The Labute approximate surface area is 153 Å². The zero-order chi connectivity index (χ0) is 18.0. The summed E-state index contributed by atoms with van der Waals surface area (Å²) in [7, 11) is 0. The molecule has 1 aromatic rings. The SMILES string of the molecule is Cc1nn(C(C)C)c(C)c1CN1CCN(C2CCCC2)[C@H](CCO)C1. The molecule has 0 unspecified atom stereocenters. The Kier molecular flexibility index (Phi) is 6.18. The summed E-state index contributed by atoms with van der Waals surface area (Å²) in [6.45, 7) is 13.4. The molecule has 0 radical (unpaired) electrons. The van der Waals surface area contributed by atoms with Crippen molar-refractivity contribution < 1.29 is 5.11 Å². The molecule has 0 amide bonds.